The Bertz CT molecular complexity index is 548. The van der Waals surface area contributed by atoms with Crippen LogP contribution in [0.2, 0.25) is 0 Å². The van der Waals surface area contributed by atoms with Crippen LogP contribution >= 0.6 is 11.3 Å². The Labute approximate surface area is 109 Å². The van der Waals surface area contributed by atoms with Gasteiger partial charge in [0.15, 0.2) is 5.13 Å². The first-order valence-electron chi connectivity index (χ1n) is 5.90. The van der Waals surface area contributed by atoms with Crippen molar-refractivity contribution in [3.05, 3.63) is 41.4 Å². The van der Waals surface area contributed by atoms with Crippen LogP contribution in [0.1, 0.15) is 23.6 Å². The number of benzene rings is 1. The van der Waals surface area contributed by atoms with Crippen molar-refractivity contribution in [3.8, 4) is 0 Å². The van der Waals surface area contributed by atoms with Crippen LogP contribution in [0, 0.1) is 0 Å². The van der Waals surface area contributed by atoms with Gasteiger partial charge in [0.25, 0.3) is 0 Å². The number of nitrogens with one attached hydrogen (secondary N) is 2. The van der Waals surface area contributed by atoms with E-state index in [1.54, 1.807) is 11.3 Å². The monoisotopic (exact) mass is 259 g/mol. The number of aromatic nitrogens is 1. The van der Waals surface area contributed by atoms with Crippen LogP contribution in [-0.2, 0) is 0 Å². The molecule has 1 aromatic carbocycles. The van der Waals surface area contributed by atoms with Crippen LogP contribution in [0.3, 0.4) is 0 Å². The summed E-state index contributed by atoms with van der Waals surface area (Å²) >= 11 is 1.56. The molecule has 1 aromatic heterocycles. The fourth-order valence-electron chi connectivity index (χ4n) is 1.68. The number of carbonyl (C=O) groups is 1. The van der Waals surface area contributed by atoms with Gasteiger partial charge in [0.1, 0.15) is 0 Å². The Morgan fingerprint density at radius 1 is 1.22 bits per heavy atom. The van der Waals surface area contributed by atoms with E-state index in [0.717, 1.165) is 5.69 Å². The number of amides is 2. The van der Waals surface area contributed by atoms with Crippen molar-refractivity contribution in [2.24, 2.45) is 0 Å². The van der Waals surface area contributed by atoms with E-state index in [1.165, 1.54) is 17.7 Å². The average molecular weight is 259 g/mol. The molecule has 1 aliphatic carbocycles. The quantitative estimate of drug-likeness (QED) is 0.883. The summed E-state index contributed by atoms with van der Waals surface area (Å²) in [4.78, 5) is 17.2. The van der Waals surface area contributed by atoms with Gasteiger partial charge in [-0.3, -0.25) is 5.32 Å². The zero-order valence-electron chi connectivity index (χ0n) is 9.72. The summed E-state index contributed by atoms with van der Waals surface area (Å²) in [5, 5.41) is 6.17. The molecule has 1 fully saturated rings. The van der Waals surface area contributed by atoms with Crippen LogP contribution in [0.25, 0.3) is 0 Å². The third-order valence-electron chi connectivity index (χ3n) is 2.76. The van der Waals surface area contributed by atoms with Gasteiger partial charge in [-0.1, -0.05) is 18.2 Å². The van der Waals surface area contributed by atoms with Gasteiger partial charge in [0.05, 0.1) is 0 Å². The molecule has 1 saturated carbocycles. The second kappa shape index (κ2) is 4.78. The minimum absolute atomic E-state index is 0.252. The van der Waals surface area contributed by atoms with Gasteiger partial charge in [0, 0.05) is 16.8 Å². The van der Waals surface area contributed by atoms with Crippen molar-refractivity contribution < 1.29 is 4.79 Å². The highest BCUT2D eigenvalue weighted by atomic mass is 32.1. The first-order chi connectivity index (χ1) is 8.81. The largest absolute Gasteiger partial charge is 0.325 e. The second-order valence-corrected chi connectivity index (χ2v) is 5.35. The summed E-state index contributed by atoms with van der Waals surface area (Å²) in [6.07, 6.45) is 4.36. The predicted octanol–water partition coefficient (Wildman–Crippen LogP) is 3.66. The molecule has 1 aliphatic rings. The van der Waals surface area contributed by atoms with E-state index in [1.807, 2.05) is 36.5 Å². The maximum absolute atomic E-state index is 11.7. The molecule has 0 atom stereocenters. The van der Waals surface area contributed by atoms with E-state index in [-0.39, 0.29) is 6.03 Å². The topological polar surface area (TPSA) is 54.0 Å². The second-order valence-electron chi connectivity index (χ2n) is 4.29. The van der Waals surface area contributed by atoms with E-state index >= 15 is 0 Å². The molecule has 2 aromatic rings. The van der Waals surface area contributed by atoms with Gasteiger partial charge >= 0.3 is 6.03 Å². The van der Waals surface area contributed by atoms with Crippen LogP contribution < -0.4 is 10.6 Å². The van der Waals surface area contributed by atoms with Crippen molar-refractivity contribution in [1.82, 2.24) is 4.98 Å². The lowest BCUT2D eigenvalue weighted by molar-refractivity contribution is 0.262. The SMILES string of the molecule is O=C(Nc1ccccc1)Nc1ncc(C2CC2)s1. The third-order valence-corrected chi connectivity index (χ3v) is 3.83. The molecule has 0 aliphatic heterocycles. The molecule has 2 amide bonds. The van der Waals surface area contributed by atoms with E-state index in [2.05, 4.69) is 15.6 Å². The Hall–Kier alpha value is -1.88. The highest BCUT2D eigenvalue weighted by Gasteiger charge is 2.25. The maximum atomic E-state index is 11.7. The highest BCUT2D eigenvalue weighted by molar-refractivity contribution is 7.15. The average Bonchev–Trinajstić information content (AvgIpc) is 3.12. The first kappa shape index (κ1) is 11.2. The summed E-state index contributed by atoms with van der Waals surface area (Å²) in [7, 11) is 0. The Kier molecular flexibility index (Phi) is 2.98. The Morgan fingerprint density at radius 2 is 2.00 bits per heavy atom. The van der Waals surface area contributed by atoms with E-state index in [0.29, 0.717) is 11.0 Å². The normalized spacial score (nSPS) is 14.2. The molecular formula is C13H13N3OS. The lowest BCUT2D eigenvalue weighted by atomic mass is 10.3. The molecule has 3 rings (SSSR count). The minimum Gasteiger partial charge on any atom is -0.308 e. The van der Waals surface area contributed by atoms with Gasteiger partial charge in [-0.05, 0) is 30.9 Å². The van der Waals surface area contributed by atoms with Crippen molar-refractivity contribution in [2.75, 3.05) is 10.6 Å². The third kappa shape index (κ3) is 2.68. The van der Waals surface area contributed by atoms with Crippen LogP contribution in [0.4, 0.5) is 15.6 Å². The number of urea groups is 1. The fourth-order valence-corrected chi connectivity index (χ4v) is 2.66. The minimum atomic E-state index is -0.252. The molecule has 0 radical (unpaired) electrons. The number of thiazole rings is 1. The molecule has 0 spiro atoms. The van der Waals surface area contributed by atoms with Crippen molar-refractivity contribution in [2.45, 2.75) is 18.8 Å². The number of nitrogens with zero attached hydrogens (tertiary/aromatic N) is 1. The van der Waals surface area contributed by atoms with Crippen molar-refractivity contribution in [3.63, 3.8) is 0 Å². The molecule has 4 nitrogen and oxygen atoms in total. The Balaban J connectivity index is 1.59. The molecule has 2 N–H and O–H groups in total. The molecule has 0 saturated heterocycles. The summed E-state index contributed by atoms with van der Waals surface area (Å²) in [5.74, 6) is 0.676. The van der Waals surface area contributed by atoms with E-state index in [4.69, 9.17) is 0 Å². The lowest BCUT2D eigenvalue weighted by Gasteiger charge is -2.04. The zero-order chi connectivity index (χ0) is 12.4. The lowest BCUT2D eigenvalue weighted by Crippen LogP contribution is -2.19. The molecule has 18 heavy (non-hydrogen) atoms. The number of anilines is 2. The number of hydrogen-bond acceptors (Lipinski definition) is 3. The number of hydrogen-bond donors (Lipinski definition) is 2. The molecule has 92 valence electrons. The smallest absolute Gasteiger partial charge is 0.308 e. The fraction of sp³-hybridized carbons (Fsp3) is 0.231. The molecule has 1 heterocycles. The summed E-state index contributed by atoms with van der Waals surface area (Å²) in [6.45, 7) is 0. The van der Waals surface area contributed by atoms with Crippen molar-refractivity contribution >= 4 is 28.2 Å². The summed E-state index contributed by atoms with van der Waals surface area (Å²) in [6, 6.07) is 9.10. The highest BCUT2D eigenvalue weighted by Crippen LogP contribution is 2.43. The first-order valence-corrected chi connectivity index (χ1v) is 6.72. The summed E-state index contributed by atoms with van der Waals surface area (Å²) < 4.78 is 0. The van der Waals surface area contributed by atoms with E-state index in [9.17, 15) is 4.79 Å². The van der Waals surface area contributed by atoms with Crippen molar-refractivity contribution in [1.29, 1.82) is 0 Å². The number of para-hydroxylation sites is 1. The van der Waals surface area contributed by atoms with Crippen LogP contribution in [-0.4, -0.2) is 11.0 Å². The van der Waals surface area contributed by atoms with Crippen LogP contribution in [0.5, 0.6) is 0 Å². The standard InChI is InChI=1S/C13H13N3OS/c17-12(15-10-4-2-1-3-5-10)16-13-14-8-11(18-13)9-6-7-9/h1-5,8-9H,6-7H2,(H2,14,15,16,17). The predicted molar refractivity (Wildman–Crippen MR) is 73.2 cm³/mol. The zero-order valence-corrected chi connectivity index (χ0v) is 10.5. The molecule has 5 heteroatoms. The molecular weight excluding hydrogens is 246 g/mol. The summed E-state index contributed by atoms with van der Waals surface area (Å²) in [5.41, 5.74) is 0.772. The van der Waals surface area contributed by atoms with Gasteiger partial charge in [-0.15, -0.1) is 11.3 Å². The van der Waals surface area contributed by atoms with Gasteiger partial charge in [0.2, 0.25) is 0 Å². The van der Waals surface area contributed by atoms with Gasteiger partial charge in [-0.2, -0.15) is 0 Å². The Morgan fingerprint density at radius 3 is 2.72 bits per heavy atom. The molecule has 0 bridgehead atoms. The molecule has 0 unspecified atom stereocenters. The van der Waals surface area contributed by atoms with Gasteiger partial charge in [-0.25, -0.2) is 9.78 Å². The van der Waals surface area contributed by atoms with E-state index < -0.39 is 0 Å². The number of rotatable bonds is 3. The number of carbonyl (C=O) groups excluding carboxylic acids is 1. The van der Waals surface area contributed by atoms with Crippen LogP contribution in [0.15, 0.2) is 36.5 Å². The van der Waals surface area contributed by atoms with Gasteiger partial charge < -0.3 is 5.32 Å². The maximum Gasteiger partial charge on any atom is 0.325 e.